The smallest absolute Gasteiger partial charge is 0.187 e. The van der Waals surface area contributed by atoms with E-state index in [0.717, 1.165) is 22.3 Å². The summed E-state index contributed by atoms with van der Waals surface area (Å²) in [7, 11) is 0. The molecule has 7 aromatic carbocycles. The van der Waals surface area contributed by atoms with E-state index in [2.05, 4.69) is 110 Å². The fourth-order valence-electron chi connectivity index (χ4n) is 8.00. The summed E-state index contributed by atoms with van der Waals surface area (Å²) in [5.74, 6) is 1.94. The molecule has 9 aromatic rings. The summed E-state index contributed by atoms with van der Waals surface area (Å²) < 4.78 is 2.54. The van der Waals surface area contributed by atoms with Gasteiger partial charge in [0.05, 0.1) is 6.57 Å². The Bertz CT molecular complexity index is 2900. The molecule has 2 heterocycles. The Morgan fingerprint density at radius 3 is 1.63 bits per heavy atom. The van der Waals surface area contributed by atoms with E-state index >= 15 is 0 Å². The molecule has 2 aromatic heterocycles. The van der Waals surface area contributed by atoms with E-state index < -0.39 is 0 Å². The van der Waals surface area contributed by atoms with Crippen molar-refractivity contribution in [2.45, 2.75) is 19.3 Å². The Balaban J connectivity index is 1.08. The van der Waals surface area contributed by atoms with Crippen LogP contribution in [-0.4, -0.2) is 15.0 Å². The van der Waals surface area contributed by atoms with E-state index in [4.69, 9.17) is 21.5 Å². The van der Waals surface area contributed by atoms with Crippen LogP contribution in [0, 0.1) is 6.57 Å². The van der Waals surface area contributed by atoms with Gasteiger partial charge >= 0.3 is 0 Å². The van der Waals surface area contributed by atoms with Gasteiger partial charge in [-0.2, -0.15) is 0 Å². The SMILES string of the molecule is [C-]#[N+]c1ccc2c(c1)C(C)(C)c1cc(-c3ccc(-c4ccc(-c5nc(-c6ccccc6)nc(-c6ccccc6)n5)cc4)c4sc5ccccc5c34)ccc1-2. The molecule has 0 atom stereocenters. The first kappa shape index (κ1) is 32.0. The zero-order valence-corrected chi connectivity index (χ0v) is 30.5. The molecule has 0 N–H and O–H groups in total. The minimum Gasteiger partial charge on any atom is -0.238 e. The van der Waals surface area contributed by atoms with E-state index in [9.17, 15) is 0 Å². The van der Waals surface area contributed by atoms with Crippen molar-refractivity contribution in [1.29, 1.82) is 0 Å². The van der Waals surface area contributed by atoms with Gasteiger partial charge in [0.25, 0.3) is 0 Å². The molecule has 0 fully saturated rings. The van der Waals surface area contributed by atoms with Crippen LogP contribution in [0.4, 0.5) is 5.69 Å². The van der Waals surface area contributed by atoms with Crippen molar-refractivity contribution in [3.8, 4) is 67.5 Å². The molecule has 1 aliphatic rings. The first-order valence-corrected chi connectivity index (χ1v) is 18.9. The quantitative estimate of drug-likeness (QED) is 0.167. The lowest BCUT2D eigenvalue weighted by Crippen LogP contribution is -2.14. The topological polar surface area (TPSA) is 43.0 Å². The molecule has 0 saturated heterocycles. The van der Waals surface area contributed by atoms with Gasteiger partial charge in [-0.3, -0.25) is 0 Å². The van der Waals surface area contributed by atoms with E-state index in [1.807, 2.05) is 78.1 Å². The fourth-order valence-corrected chi connectivity index (χ4v) is 9.26. The third-order valence-electron chi connectivity index (χ3n) is 10.8. The molecule has 4 nitrogen and oxygen atoms in total. The maximum absolute atomic E-state index is 7.59. The van der Waals surface area contributed by atoms with E-state index in [1.54, 1.807) is 0 Å². The second-order valence-electron chi connectivity index (χ2n) is 14.3. The van der Waals surface area contributed by atoms with Gasteiger partial charge in [-0.05, 0) is 56.6 Å². The molecule has 0 spiro atoms. The van der Waals surface area contributed by atoms with Crippen molar-refractivity contribution in [2.75, 3.05) is 0 Å². The van der Waals surface area contributed by atoms with Gasteiger partial charge < -0.3 is 0 Å². The van der Waals surface area contributed by atoms with Crippen molar-refractivity contribution in [1.82, 2.24) is 15.0 Å². The monoisotopic (exact) mass is 708 g/mol. The van der Waals surface area contributed by atoms with Crippen LogP contribution in [0.25, 0.3) is 92.6 Å². The lowest BCUT2D eigenvalue weighted by Gasteiger charge is -2.22. The normalized spacial score (nSPS) is 12.8. The number of fused-ring (bicyclic) bond motifs is 6. The molecule has 0 unspecified atom stereocenters. The zero-order valence-electron chi connectivity index (χ0n) is 29.7. The van der Waals surface area contributed by atoms with E-state index in [-0.39, 0.29) is 5.41 Å². The number of aromatic nitrogens is 3. The summed E-state index contributed by atoms with van der Waals surface area (Å²) in [5, 5.41) is 2.54. The molecule has 54 heavy (non-hydrogen) atoms. The Morgan fingerprint density at radius 2 is 0.981 bits per heavy atom. The molecule has 10 rings (SSSR count). The third kappa shape index (κ3) is 5.15. The average Bonchev–Trinajstić information content (AvgIpc) is 3.73. The summed E-state index contributed by atoms with van der Waals surface area (Å²) in [4.78, 5) is 18.5. The van der Waals surface area contributed by atoms with Crippen LogP contribution in [0.5, 0.6) is 0 Å². The molecule has 0 saturated carbocycles. The minimum atomic E-state index is -0.207. The van der Waals surface area contributed by atoms with E-state index in [1.165, 1.54) is 59.1 Å². The Morgan fingerprint density at radius 1 is 0.481 bits per heavy atom. The van der Waals surface area contributed by atoms with Gasteiger partial charge in [-0.25, -0.2) is 19.8 Å². The Kier molecular flexibility index (Phi) is 7.36. The minimum absolute atomic E-state index is 0.207. The van der Waals surface area contributed by atoms with Gasteiger partial charge in [-0.15, -0.1) is 11.3 Å². The molecule has 254 valence electrons. The van der Waals surface area contributed by atoms with Crippen molar-refractivity contribution < 1.29 is 0 Å². The predicted molar refractivity (Wildman–Crippen MR) is 224 cm³/mol. The number of thiophene rings is 1. The fraction of sp³-hybridized carbons (Fsp3) is 0.0612. The summed E-state index contributed by atoms with van der Waals surface area (Å²) in [6.45, 7) is 12.1. The Hall–Kier alpha value is -6.74. The highest BCUT2D eigenvalue weighted by Gasteiger charge is 2.35. The second kappa shape index (κ2) is 12.4. The van der Waals surface area contributed by atoms with Crippen LogP contribution in [0.1, 0.15) is 25.0 Å². The number of benzene rings is 7. The van der Waals surface area contributed by atoms with Crippen molar-refractivity contribution in [3.05, 3.63) is 180 Å². The maximum atomic E-state index is 7.59. The summed E-state index contributed by atoms with van der Waals surface area (Å²) >= 11 is 1.85. The van der Waals surface area contributed by atoms with Crippen molar-refractivity contribution in [3.63, 3.8) is 0 Å². The van der Waals surface area contributed by atoms with Crippen molar-refractivity contribution in [2.24, 2.45) is 0 Å². The molecule has 0 bridgehead atoms. The lowest BCUT2D eigenvalue weighted by molar-refractivity contribution is 0.661. The Labute approximate surface area is 317 Å². The van der Waals surface area contributed by atoms with Gasteiger partial charge in [0.2, 0.25) is 0 Å². The first-order chi connectivity index (χ1) is 26.5. The van der Waals surface area contributed by atoms with Crippen molar-refractivity contribution >= 4 is 37.2 Å². The number of hydrogen-bond donors (Lipinski definition) is 0. The molecule has 1 aliphatic carbocycles. The average molecular weight is 709 g/mol. The highest BCUT2D eigenvalue weighted by atomic mass is 32.1. The van der Waals surface area contributed by atoms with Crippen LogP contribution in [0.15, 0.2) is 158 Å². The van der Waals surface area contributed by atoms with Gasteiger partial charge in [0.15, 0.2) is 23.2 Å². The van der Waals surface area contributed by atoms with Gasteiger partial charge in [0, 0.05) is 42.3 Å². The summed E-state index contributed by atoms with van der Waals surface area (Å²) in [6.07, 6.45) is 0. The highest BCUT2D eigenvalue weighted by molar-refractivity contribution is 7.26. The first-order valence-electron chi connectivity index (χ1n) is 18.1. The number of rotatable bonds is 5. The summed E-state index contributed by atoms with van der Waals surface area (Å²) in [5.41, 5.74) is 13.1. The van der Waals surface area contributed by atoms with Crippen LogP contribution >= 0.6 is 11.3 Å². The largest absolute Gasteiger partial charge is 0.238 e. The lowest BCUT2D eigenvalue weighted by atomic mass is 9.81. The van der Waals surface area contributed by atoms with Crippen LogP contribution < -0.4 is 0 Å². The molecule has 0 radical (unpaired) electrons. The zero-order chi connectivity index (χ0) is 36.4. The van der Waals surface area contributed by atoms with E-state index in [0.29, 0.717) is 23.2 Å². The standard InChI is InChI=1S/C49H32N4S/c1-49(2)41-28-34(22-24-38(41)39-25-23-35(50-3)29-42(39)49)36-26-27-37(45-44(36)40-16-10-11-17-43(40)54-45)30-18-20-33(21-19-30)48-52-46(31-12-6-4-7-13-31)51-47(53-48)32-14-8-5-9-15-32/h4-29H,1-2H3. The highest BCUT2D eigenvalue weighted by Crippen LogP contribution is 2.52. The third-order valence-corrected chi connectivity index (χ3v) is 12.0. The molecule has 0 amide bonds. The second-order valence-corrected chi connectivity index (χ2v) is 15.4. The maximum Gasteiger partial charge on any atom is 0.187 e. The van der Waals surface area contributed by atoms with Gasteiger partial charge in [-0.1, -0.05) is 159 Å². The molecule has 0 aliphatic heterocycles. The number of hydrogen-bond acceptors (Lipinski definition) is 4. The van der Waals surface area contributed by atoms with Crippen LogP contribution in [0.2, 0.25) is 0 Å². The van der Waals surface area contributed by atoms with Crippen LogP contribution in [-0.2, 0) is 5.41 Å². The molecule has 5 heteroatoms. The van der Waals surface area contributed by atoms with Gasteiger partial charge in [0.1, 0.15) is 0 Å². The number of nitrogens with zero attached hydrogens (tertiary/aromatic N) is 4. The predicted octanol–water partition coefficient (Wildman–Crippen LogP) is 13.4. The van der Waals surface area contributed by atoms with Crippen LogP contribution in [0.3, 0.4) is 0 Å². The summed E-state index contributed by atoms with van der Waals surface area (Å²) in [6, 6.07) is 55.1. The molecular weight excluding hydrogens is 677 g/mol. The molecular formula is C49H32N4S.